The summed E-state index contributed by atoms with van der Waals surface area (Å²) in [5.74, 6) is -3.84. The lowest BCUT2D eigenvalue weighted by Crippen LogP contribution is -2.08. The van der Waals surface area contributed by atoms with Crippen LogP contribution in [0.2, 0.25) is 0 Å². The minimum atomic E-state index is -1.52. The minimum Gasteiger partial charge on any atom is -0.478 e. The number of nitro benzene ring substituents is 1. The lowest BCUT2D eigenvalue weighted by atomic mass is 10.1. The van der Waals surface area contributed by atoms with E-state index in [2.05, 4.69) is 0 Å². The van der Waals surface area contributed by atoms with E-state index >= 15 is 0 Å². The Balaban J connectivity index is 0.000000272. The Hall–Kier alpha value is -3.75. The molecule has 0 aliphatic heterocycles. The van der Waals surface area contributed by atoms with Crippen molar-refractivity contribution in [3.05, 3.63) is 75.3 Å². The topological polar surface area (TPSA) is 155 Å². The van der Waals surface area contributed by atoms with E-state index < -0.39 is 39.6 Å². The highest BCUT2D eigenvalue weighted by Crippen LogP contribution is 2.18. The van der Waals surface area contributed by atoms with Crippen LogP contribution in [0.1, 0.15) is 31.1 Å². The van der Waals surface area contributed by atoms with Crippen molar-refractivity contribution in [1.29, 1.82) is 0 Å². The fourth-order valence-electron chi connectivity index (χ4n) is 1.59. The van der Waals surface area contributed by atoms with E-state index in [1.807, 2.05) is 0 Å². The van der Waals surface area contributed by atoms with Crippen molar-refractivity contribution in [2.24, 2.45) is 0 Å². The Morgan fingerprint density at radius 2 is 1.33 bits per heavy atom. The lowest BCUT2D eigenvalue weighted by Gasteiger charge is -2.00. The van der Waals surface area contributed by atoms with Crippen LogP contribution in [0.4, 0.5) is 5.69 Å². The number of carboxylic acid groups (broad SMARTS) is 3. The van der Waals surface area contributed by atoms with Gasteiger partial charge in [0.2, 0.25) is 0 Å². The largest absolute Gasteiger partial charge is 0.478 e. The highest BCUT2D eigenvalue weighted by molar-refractivity contribution is 6.02. The molecule has 0 spiro atoms. The maximum Gasteiger partial charge on any atom is 0.336 e. The molecule has 0 aliphatic rings. The van der Waals surface area contributed by atoms with Gasteiger partial charge in [-0.25, -0.2) is 14.4 Å². The molecule has 9 heteroatoms. The molecule has 2 aromatic rings. The summed E-state index contributed by atoms with van der Waals surface area (Å²) >= 11 is 0. The molecule has 0 radical (unpaired) electrons. The minimum absolute atomic E-state index is 0.331. The van der Waals surface area contributed by atoms with Crippen LogP contribution < -0.4 is 0 Å². The Kier molecular flexibility index (Phi) is 6.13. The van der Waals surface area contributed by atoms with Gasteiger partial charge in [-0.2, -0.15) is 0 Å². The summed E-state index contributed by atoms with van der Waals surface area (Å²) in [5.41, 5.74) is -1.21. The van der Waals surface area contributed by atoms with Gasteiger partial charge in [0.05, 0.1) is 21.6 Å². The Labute approximate surface area is 134 Å². The average molecular weight is 333 g/mol. The highest BCUT2D eigenvalue weighted by Gasteiger charge is 2.19. The van der Waals surface area contributed by atoms with Crippen LogP contribution in [-0.2, 0) is 0 Å². The first-order valence-corrected chi connectivity index (χ1v) is 6.27. The third-order valence-electron chi connectivity index (χ3n) is 2.70. The van der Waals surface area contributed by atoms with Gasteiger partial charge < -0.3 is 15.3 Å². The van der Waals surface area contributed by atoms with Crippen LogP contribution in [0.5, 0.6) is 0 Å². The summed E-state index contributed by atoms with van der Waals surface area (Å²) < 4.78 is 0. The monoisotopic (exact) mass is 333 g/mol. The molecule has 0 saturated carbocycles. The zero-order valence-corrected chi connectivity index (χ0v) is 11.9. The van der Waals surface area contributed by atoms with Crippen molar-refractivity contribution in [2.45, 2.75) is 0 Å². The molecule has 0 atom stereocenters. The summed E-state index contributed by atoms with van der Waals surface area (Å²) in [7, 11) is 0. The molecule has 0 fully saturated rings. The standard InChI is InChI=1S/C8H5NO6.C7H6O2/c10-7(11)5-2-1-4(9(14)15)3-6(5)8(12)13;8-7(9)6-4-2-1-3-5-6/h1-3H,(H,10,11)(H,12,13);1-5H,(H,8,9). The predicted octanol–water partition coefficient (Wildman–Crippen LogP) is 2.38. The molecule has 0 bridgehead atoms. The molecule has 9 nitrogen and oxygen atoms in total. The normalized spacial score (nSPS) is 9.33. The number of benzene rings is 2. The summed E-state index contributed by atoms with van der Waals surface area (Å²) in [6.07, 6.45) is 0. The van der Waals surface area contributed by atoms with Gasteiger partial charge in [-0.1, -0.05) is 18.2 Å². The molecule has 0 heterocycles. The molecule has 0 amide bonds. The average Bonchev–Trinajstić information content (AvgIpc) is 2.55. The number of hydrogen-bond donors (Lipinski definition) is 3. The van der Waals surface area contributed by atoms with Gasteiger partial charge in [0.25, 0.3) is 5.69 Å². The molecule has 0 aliphatic carbocycles. The molecule has 0 aromatic heterocycles. The summed E-state index contributed by atoms with van der Waals surface area (Å²) in [5, 5.41) is 36.0. The maximum atomic E-state index is 10.6. The number of nitro groups is 1. The smallest absolute Gasteiger partial charge is 0.336 e. The van der Waals surface area contributed by atoms with E-state index in [0.29, 0.717) is 11.6 Å². The first-order valence-electron chi connectivity index (χ1n) is 6.27. The number of non-ortho nitro benzene ring substituents is 1. The van der Waals surface area contributed by atoms with Gasteiger partial charge in [-0.3, -0.25) is 10.1 Å². The lowest BCUT2D eigenvalue weighted by molar-refractivity contribution is -0.384. The fraction of sp³-hybridized carbons (Fsp3) is 0. The highest BCUT2D eigenvalue weighted by atomic mass is 16.6. The van der Waals surface area contributed by atoms with Gasteiger partial charge in [0, 0.05) is 12.1 Å². The van der Waals surface area contributed by atoms with E-state index in [1.54, 1.807) is 30.3 Å². The zero-order chi connectivity index (χ0) is 18.3. The number of hydrogen-bond acceptors (Lipinski definition) is 5. The second-order valence-corrected chi connectivity index (χ2v) is 4.27. The molecule has 124 valence electrons. The second kappa shape index (κ2) is 8.03. The van der Waals surface area contributed by atoms with Crippen LogP contribution in [0.3, 0.4) is 0 Å². The van der Waals surface area contributed by atoms with E-state index in [4.69, 9.17) is 15.3 Å². The van der Waals surface area contributed by atoms with E-state index in [9.17, 15) is 24.5 Å². The quantitative estimate of drug-likeness (QED) is 0.569. The van der Waals surface area contributed by atoms with Crippen molar-refractivity contribution < 1.29 is 34.6 Å². The molecule has 3 N–H and O–H groups in total. The molecule has 2 aromatic carbocycles. The van der Waals surface area contributed by atoms with Crippen LogP contribution in [0.25, 0.3) is 0 Å². The third kappa shape index (κ3) is 4.91. The van der Waals surface area contributed by atoms with Crippen molar-refractivity contribution in [2.75, 3.05) is 0 Å². The van der Waals surface area contributed by atoms with Crippen LogP contribution in [0, 0.1) is 10.1 Å². The summed E-state index contributed by atoms with van der Waals surface area (Å²) in [6, 6.07) is 10.8. The van der Waals surface area contributed by atoms with Gasteiger partial charge in [0.15, 0.2) is 0 Å². The van der Waals surface area contributed by atoms with Gasteiger partial charge in [-0.15, -0.1) is 0 Å². The van der Waals surface area contributed by atoms with Crippen molar-refractivity contribution in [1.82, 2.24) is 0 Å². The maximum absolute atomic E-state index is 10.6. The van der Waals surface area contributed by atoms with Gasteiger partial charge in [-0.05, 0) is 18.2 Å². The molecule has 2 rings (SSSR count). The first-order chi connectivity index (χ1) is 11.2. The van der Waals surface area contributed by atoms with Crippen molar-refractivity contribution >= 4 is 23.6 Å². The Morgan fingerprint density at radius 3 is 1.71 bits per heavy atom. The number of rotatable bonds is 4. The number of carboxylic acids is 3. The molecule has 0 saturated heterocycles. The van der Waals surface area contributed by atoms with Crippen molar-refractivity contribution in [3.8, 4) is 0 Å². The van der Waals surface area contributed by atoms with E-state index in [0.717, 1.165) is 12.1 Å². The fourth-order valence-corrected chi connectivity index (χ4v) is 1.59. The Bertz CT molecular complexity index is 785. The van der Waals surface area contributed by atoms with Gasteiger partial charge in [0.1, 0.15) is 0 Å². The number of nitrogens with zero attached hydrogens (tertiary/aromatic N) is 1. The SMILES string of the molecule is O=C(O)c1ccc([N+](=O)[O-])cc1C(=O)O.O=C(O)c1ccccc1. The van der Waals surface area contributed by atoms with Crippen LogP contribution in [-0.4, -0.2) is 38.2 Å². The number of carbonyl (C=O) groups is 3. The molecule has 0 unspecified atom stereocenters. The Morgan fingerprint density at radius 1 is 0.792 bits per heavy atom. The van der Waals surface area contributed by atoms with Crippen molar-refractivity contribution in [3.63, 3.8) is 0 Å². The van der Waals surface area contributed by atoms with E-state index in [1.165, 1.54) is 0 Å². The van der Waals surface area contributed by atoms with Crippen LogP contribution in [0.15, 0.2) is 48.5 Å². The number of aromatic carboxylic acids is 3. The van der Waals surface area contributed by atoms with Crippen LogP contribution >= 0.6 is 0 Å². The molecular formula is C15H11NO8. The second-order valence-electron chi connectivity index (χ2n) is 4.27. The summed E-state index contributed by atoms with van der Waals surface area (Å²) in [6.45, 7) is 0. The first kappa shape index (κ1) is 18.3. The zero-order valence-electron chi connectivity index (χ0n) is 11.9. The predicted molar refractivity (Wildman–Crippen MR) is 80.4 cm³/mol. The molecular weight excluding hydrogens is 322 g/mol. The van der Waals surface area contributed by atoms with Gasteiger partial charge >= 0.3 is 17.9 Å². The summed E-state index contributed by atoms with van der Waals surface area (Å²) in [4.78, 5) is 40.9. The third-order valence-corrected chi connectivity index (χ3v) is 2.70. The molecule has 24 heavy (non-hydrogen) atoms. The van der Waals surface area contributed by atoms with E-state index in [-0.39, 0.29) is 0 Å².